The van der Waals surface area contributed by atoms with Gasteiger partial charge in [-0.1, -0.05) is 30.7 Å². The lowest BCUT2D eigenvalue weighted by Gasteiger charge is -2.40. The van der Waals surface area contributed by atoms with Crippen LogP contribution in [0.5, 0.6) is 0 Å². The smallest absolute Gasteiger partial charge is 0.223 e. The van der Waals surface area contributed by atoms with Crippen LogP contribution in [0.2, 0.25) is 0 Å². The Bertz CT molecular complexity index is 631. The third-order valence-electron chi connectivity index (χ3n) is 6.17. The molecule has 4 unspecified atom stereocenters. The van der Waals surface area contributed by atoms with Gasteiger partial charge in [-0.05, 0) is 69.7 Å². The summed E-state index contributed by atoms with van der Waals surface area (Å²) >= 11 is 0. The zero-order valence-electron chi connectivity index (χ0n) is 17.2. The van der Waals surface area contributed by atoms with Crippen LogP contribution < -0.4 is 5.32 Å². The molecule has 0 saturated carbocycles. The average molecular weight is 395 g/mol. The van der Waals surface area contributed by atoms with E-state index in [1.165, 1.54) is 29.5 Å². The Balaban J connectivity index is 0.00000261. The van der Waals surface area contributed by atoms with Gasteiger partial charge in [0.1, 0.15) is 6.10 Å². The Morgan fingerprint density at radius 1 is 1.37 bits per heavy atom. The lowest BCUT2D eigenvalue weighted by molar-refractivity contribution is -0.145. The quantitative estimate of drug-likeness (QED) is 0.837. The number of hydrogen-bond donors (Lipinski definition) is 1. The molecular weight excluding hydrogens is 360 g/mol. The second-order valence-corrected chi connectivity index (χ2v) is 8.36. The molecule has 2 aliphatic rings. The van der Waals surface area contributed by atoms with Crippen LogP contribution in [0, 0.1) is 25.7 Å². The van der Waals surface area contributed by atoms with Gasteiger partial charge in [-0.3, -0.25) is 4.79 Å². The Kier molecular flexibility index (Phi) is 8.14. The van der Waals surface area contributed by atoms with E-state index in [-0.39, 0.29) is 30.5 Å². The summed E-state index contributed by atoms with van der Waals surface area (Å²) in [4.78, 5) is 15.1. The number of nitrogens with zero attached hydrogens (tertiary/aromatic N) is 1. The number of hydrogen-bond acceptors (Lipinski definition) is 3. The highest BCUT2D eigenvalue weighted by Gasteiger charge is 2.32. The molecule has 1 aromatic carbocycles. The number of ether oxygens (including phenoxy) is 1. The molecule has 152 valence electrons. The lowest BCUT2D eigenvalue weighted by atomic mass is 9.85. The molecule has 3 rings (SSSR count). The van der Waals surface area contributed by atoms with Crippen LogP contribution in [0.3, 0.4) is 0 Å². The predicted molar refractivity (Wildman–Crippen MR) is 112 cm³/mol. The van der Waals surface area contributed by atoms with Crippen LogP contribution in [0.25, 0.3) is 0 Å². The average Bonchev–Trinajstić information content (AvgIpc) is 2.65. The number of nitrogens with one attached hydrogen (secondary N) is 1. The van der Waals surface area contributed by atoms with Gasteiger partial charge in [0.05, 0.1) is 19.2 Å². The second kappa shape index (κ2) is 9.90. The van der Waals surface area contributed by atoms with Gasteiger partial charge in [0.15, 0.2) is 0 Å². The maximum absolute atomic E-state index is 13.0. The highest BCUT2D eigenvalue weighted by molar-refractivity contribution is 5.85. The lowest BCUT2D eigenvalue weighted by Crippen LogP contribution is -2.49. The molecule has 2 saturated heterocycles. The number of halogens is 1. The van der Waals surface area contributed by atoms with Crippen molar-refractivity contribution in [1.82, 2.24) is 10.2 Å². The maximum atomic E-state index is 13.0. The minimum absolute atomic E-state index is 0. The fourth-order valence-corrected chi connectivity index (χ4v) is 4.32. The van der Waals surface area contributed by atoms with E-state index in [9.17, 15) is 4.79 Å². The molecule has 2 aliphatic heterocycles. The van der Waals surface area contributed by atoms with E-state index in [2.05, 4.69) is 56.1 Å². The van der Waals surface area contributed by atoms with E-state index in [1.807, 2.05) is 0 Å². The maximum Gasteiger partial charge on any atom is 0.223 e. The van der Waals surface area contributed by atoms with Crippen molar-refractivity contribution in [3.63, 3.8) is 0 Å². The summed E-state index contributed by atoms with van der Waals surface area (Å²) in [6.07, 6.45) is 3.11. The van der Waals surface area contributed by atoms with Gasteiger partial charge in [-0.2, -0.15) is 0 Å². The second-order valence-electron chi connectivity index (χ2n) is 8.36. The number of carbonyl (C=O) groups excluding carboxylic acids is 1. The fraction of sp³-hybridized carbons (Fsp3) is 0.682. The molecular formula is C22H35ClN2O2. The van der Waals surface area contributed by atoms with Gasteiger partial charge < -0.3 is 15.0 Å². The van der Waals surface area contributed by atoms with Crippen molar-refractivity contribution in [3.05, 3.63) is 34.9 Å². The van der Waals surface area contributed by atoms with Crippen molar-refractivity contribution >= 4 is 18.3 Å². The molecule has 5 heteroatoms. The molecule has 27 heavy (non-hydrogen) atoms. The van der Waals surface area contributed by atoms with Crippen LogP contribution in [0.4, 0.5) is 0 Å². The molecule has 2 heterocycles. The summed E-state index contributed by atoms with van der Waals surface area (Å²) < 4.78 is 6.11. The normalized spacial score (nSPS) is 27.0. The molecule has 2 fully saturated rings. The van der Waals surface area contributed by atoms with Crippen molar-refractivity contribution in [2.75, 3.05) is 26.2 Å². The molecule has 0 spiro atoms. The van der Waals surface area contributed by atoms with E-state index in [0.717, 1.165) is 13.1 Å². The molecule has 1 amide bonds. The molecule has 1 N–H and O–H groups in total. The van der Waals surface area contributed by atoms with Gasteiger partial charge >= 0.3 is 0 Å². The fourth-order valence-electron chi connectivity index (χ4n) is 4.32. The van der Waals surface area contributed by atoms with Crippen LogP contribution in [0.15, 0.2) is 18.2 Å². The largest absolute Gasteiger partial charge is 0.370 e. The van der Waals surface area contributed by atoms with Gasteiger partial charge in [0, 0.05) is 6.42 Å². The van der Waals surface area contributed by atoms with E-state index < -0.39 is 0 Å². The first-order chi connectivity index (χ1) is 12.5. The van der Waals surface area contributed by atoms with Crippen molar-refractivity contribution in [1.29, 1.82) is 0 Å². The van der Waals surface area contributed by atoms with Crippen LogP contribution in [-0.4, -0.2) is 43.1 Å². The summed E-state index contributed by atoms with van der Waals surface area (Å²) in [5.74, 6) is 1.34. The molecule has 0 bridgehead atoms. The monoisotopic (exact) mass is 394 g/mol. The summed E-state index contributed by atoms with van der Waals surface area (Å²) in [5.41, 5.74) is 3.70. The molecule has 4 atom stereocenters. The molecule has 0 aromatic heterocycles. The number of amides is 1. The third kappa shape index (κ3) is 5.46. The van der Waals surface area contributed by atoms with Gasteiger partial charge in [0.25, 0.3) is 0 Å². The zero-order valence-corrected chi connectivity index (χ0v) is 18.0. The predicted octanol–water partition coefficient (Wildman–Crippen LogP) is 4.04. The van der Waals surface area contributed by atoms with Crippen LogP contribution in [-0.2, 0) is 9.53 Å². The minimum Gasteiger partial charge on any atom is -0.370 e. The van der Waals surface area contributed by atoms with Crippen LogP contribution >= 0.6 is 12.4 Å². The van der Waals surface area contributed by atoms with Gasteiger partial charge in [-0.15, -0.1) is 12.4 Å². The summed E-state index contributed by atoms with van der Waals surface area (Å²) in [6.45, 7) is 12.0. The number of aryl methyl sites for hydroxylation is 2. The van der Waals surface area contributed by atoms with E-state index in [4.69, 9.17) is 4.74 Å². The first kappa shape index (κ1) is 22.2. The summed E-state index contributed by atoms with van der Waals surface area (Å²) in [6, 6.07) is 6.64. The molecule has 0 aliphatic carbocycles. The van der Waals surface area contributed by atoms with Crippen molar-refractivity contribution in [2.45, 2.75) is 59.1 Å². The number of rotatable bonds is 4. The Labute approximate surface area is 170 Å². The van der Waals surface area contributed by atoms with E-state index in [1.54, 1.807) is 0 Å². The number of morpholine rings is 1. The number of carbonyl (C=O) groups is 1. The molecule has 4 nitrogen and oxygen atoms in total. The Morgan fingerprint density at radius 3 is 2.85 bits per heavy atom. The van der Waals surface area contributed by atoms with Crippen molar-refractivity contribution < 1.29 is 9.53 Å². The molecule has 1 aromatic rings. The van der Waals surface area contributed by atoms with Gasteiger partial charge in [0.2, 0.25) is 5.91 Å². The van der Waals surface area contributed by atoms with E-state index >= 15 is 0 Å². The summed E-state index contributed by atoms with van der Waals surface area (Å²) in [5, 5.41) is 3.47. The number of benzene rings is 1. The Hall–Kier alpha value is -1.10. The summed E-state index contributed by atoms with van der Waals surface area (Å²) in [7, 11) is 0. The Morgan fingerprint density at radius 2 is 2.15 bits per heavy atom. The topological polar surface area (TPSA) is 41.6 Å². The first-order valence-corrected chi connectivity index (χ1v) is 10.1. The molecule has 0 radical (unpaired) electrons. The SMILES string of the molecule is Cc1ccc(C)c(C2CN(C(=O)CC(C)C3CCCNC3)C(C)CO2)c1.Cl. The van der Waals surface area contributed by atoms with Crippen molar-refractivity contribution in [2.24, 2.45) is 11.8 Å². The zero-order chi connectivity index (χ0) is 18.7. The van der Waals surface area contributed by atoms with Crippen molar-refractivity contribution in [3.8, 4) is 0 Å². The first-order valence-electron chi connectivity index (χ1n) is 10.1. The van der Waals surface area contributed by atoms with Crippen LogP contribution in [0.1, 0.15) is 55.9 Å². The van der Waals surface area contributed by atoms with Gasteiger partial charge in [-0.25, -0.2) is 0 Å². The minimum atomic E-state index is -0.0123. The van der Waals surface area contributed by atoms with E-state index in [0.29, 0.717) is 31.4 Å². The number of piperidine rings is 1. The standard InChI is InChI=1S/C22H34N2O2.ClH/c1-15-7-8-16(2)20(10-15)21-13-24(18(4)14-26-21)22(25)11-17(3)19-6-5-9-23-12-19;/h7-8,10,17-19,21,23H,5-6,9,11-14H2,1-4H3;1H. The highest BCUT2D eigenvalue weighted by atomic mass is 35.5. The highest BCUT2D eigenvalue weighted by Crippen LogP contribution is 2.30. The third-order valence-corrected chi connectivity index (χ3v) is 6.17.